The molecule has 25 heavy (non-hydrogen) atoms. The van der Waals surface area contributed by atoms with Crippen molar-refractivity contribution in [3.63, 3.8) is 0 Å². The molecule has 3 rings (SSSR count). The van der Waals surface area contributed by atoms with Crippen molar-refractivity contribution < 1.29 is 31.7 Å². The number of esters is 2. The van der Waals surface area contributed by atoms with Gasteiger partial charge in [0, 0.05) is 17.4 Å². The molecule has 0 amide bonds. The van der Waals surface area contributed by atoms with E-state index in [-0.39, 0.29) is 28.7 Å². The Balaban J connectivity index is 1.83. The van der Waals surface area contributed by atoms with Gasteiger partial charge in [-0.1, -0.05) is 27.4 Å². The van der Waals surface area contributed by atoms with E-state index in [1.165, 1.54) is 6.92 Å². The number of rotatable bonds is 4. The molecule has 1 aliphatic heterocycles. The maximum absolute atomic E-state index is 12.6. The third-order valence-electron chi connectivity index (χ3n) is 6.29. The Kier molecular flexibility index (Phi) is 3.89. The summed E-state index contributed by atoms with van der Waals surface area (Å²) >= 11 is 0. The standard InChI is InChI=1S/C17H24O7S/c1-8(2)15(19)22-7-10(18)23-12-11-9(3)17(6)14(16(11,4)5)13(12)25(20,21)24-17/h9,11-14H,1,7H2,2-6H3. The molecular formula is C17H24O7S. The van der Waals surface area contributed by atoms with E-state index in [1.54, 1.807) is 0 Å². The van der Waals surface area contributed by atoms with E-state index >= 15 is 0 Å². The first-order valence-electron chi connectivity index (χ1n) is 8.30. The Hall–Kier alpha value is -1.41. The van der Waals surface area contributed by atoms with Crippen molar-refractivity contribution in [2.75, 3.05) is 6.61 Å². The minimum absolute atomic E-state index is 0.0863. The summed E-state index contributed by atoms with van der Waals surface area (Å²) in [6.07, 6.45) is -0.799. The van der Waals surface area contributed by atoms with Crippen LogP contribution in [0.3, 0.4) is 0 Å². The van der Waals surface area contributed by atoms with Crippen LogP contribution in [0.15, 0.2) is 12.2 Å². The van der Waals surface area contributed by atoms with Gasteiger partial charge in [0.2, 0.25) is 0 Å². The summed E-state index contributed by atoms with van der Waals surface area (Å²) in [6, 6.07) is 0. The lowest BCUT2D eigenvalue weighted by molar-refractivity contribution is -0.164. The number of carbonyl (C=O) groups is 2. The number of carbonyl (C=O) groups excluding carboxylic acids is 2. The first-order valence-corrected chi connectivity index (χ1v) is 9.77. The summed E-state index contributed by atoms with van der Waals surface area (Å²) in [7, 11) is -3.83. The molecule has 0 N–H and O–H groups in total. The van der Waals surface area contributed by atoms with E-state index in [0.29, 0.717) is 0 Å². The van der Waals surface area contributed by atoms with Gasteiger partial charge in [0.15, 0.2) is 6.61 Å². The van der Waals surface area contributed by atoms with Gasteiger partial charge in [0.05, 0.1) is 5.60 Å². The maximum atomic E-state index is 12.6. The summed E-state index contributed by atoms with van der Waals surface area (Å²) in [6.45, 7) is 12.1. The van der Waals surface area contributed by atoms with Crippen molar-refractivity contribution in [2.45, 2.75) is 51.6 Å². The summed E-state index contributed by atoms with van der Waals surface area (Å²) < 4.78 is 40.9. The number of hydrogen-bond acceptors (Lipinski definition) is 7. The lowest BCUT2D eigenvalue weighted by atomic mass is 9.76. The Bertz CT molecular complexity index is 753. The van der Waals surface area contributed by atoms with E-state index < -0.39 is 45.6 Å². The third kappa shape index (κ3) is 2.37. The highest BCUT2D eigenvalue weighted by Gasteiger charge is 2.80. The Morgan fingerprint density at radius 2 is 1.84 bits per heavy atom. The van der Waals surface area contributed by atoms with Crippen LogP contribution in [0.4, 0.5) is 0 Å². The van der Waals surface area contributed by atoms with Gasteiger partial charge in [0.1, 0.15) is 11.4 Å². The molecule has 0 spiro atoms. The van der Waals surface area contributed by atoms with E-state index in [2.05, 4.69) is 6.58 Å². The molecule has 3 fully saturated rings. The minimum Gasteiger partial charge on any atom is -0.458 e. The fraction of sp³-hybridized carbons (Fsp3) is 0.765. The second kappa shape index (κ2) is 5.30. The molecule has 8 heteroatoms. The van der Waals surface area contributed by atoms with Crippen LogP contribution in [0.2, 0.25) is 0 Å². The lowest BCUT2D eigenvalue weighted by Gasteiger charge is -2.35. The number of fused-ring (bicyclic) bond motifs is 1. The van der Waals surface area contributed by atoms with Crippen LogP contribution in [0, 0.1) is 23.2 Å². The fourth-order valence-electron chi connectivity index (χ4n) is 5.42. The molecule has 0 radical (unpaired) electrons. The first kappa shape index (κ1) is 18.4. The van der Waals surface area contributed by atoms with E-state index in [1.807, 2.05) is 27.7 Å². The molecule has 7 nitrogen and oxygen atoms in total. The van der Waals surface area contributed by atoms with Crippen LogP contribution in [0.5, 0.6) is 0 Å². The van der Waals surface area contributed by atoms with E-state index in [9.17, 15) is 18.0 Å². The Morgan fingerprint density at radius 3 is 2.40 bits per heavy atom. The number of hydrogen-bond donors (Lipinski definition) is 0. The predicted molar refractivity (Wildman–Crippen MR) is 87.8 cm³/mol. The van der Waals surface area contributed by atoms with Crippen molar-refractivity contribution in [3.05, 3.63) is 12.2 Å². The molecule has 2 saturated carbocycles. The van der Waals surface area contributed by atoms with Gasteiger partial charge in [-0.05, 0) is 25.2 Å². The largest absolute Gasteiger partial charge is 0.458 e. The summed E-state index contributed by atoms with van der Waals surface area (Å²) in [5.74, 6) is -1.94. The van der Waals surface area contributed by atoms with Crippen LogP contribution in [0.1, 0.15) is 34.6 Å². The second-order valence-electron chi connectivity index (χ2n) is 8.15. The monoisotopic (exact) mass is 372 g/mol. The highest BCUT2D eigenvalue weighted by Crippen LogP contribution is 2.71. The zero-order chi connectivity index (χ0) is 18.9. The quantitative estimate of drug-likeness (QED) is 0.418. The number of ether oxygens (including phenoxy) is 2. The van der Waals surface area contributed by atoms with E-state index in [0.717, 1.165) is 0 Å². The summed E-state index contributed by atoms with van der Waals surface area (Å²) in [5, 5.41) is -0.880. The average Bonchev–Trinajstić information content (AvgIpc) is 2.87. The van der Waals surface area contributed by atoms with Gasteiger partial charge < -0.3 is 9.47 Å². The van der Waals surface area contributed by atoms with Crippen molar-refractivity contribution >= 4 is 22.1 Å². The zero-order valence-corrected chi connectivity index (χ0v) is 15.9. The van der Waals surface area contributed by atoms with Gasteiger partial charge in [-0.15, -0.1) is 0 Å². The average molecular weight is 372 g/mol. The molecule has 0 aromatic carbocycles. The van der Waals surface area contributed by atoms with Gasteiger partial charge >= 0.3 is 11.9 Å². The van der Waals surface area contributed by atoms with Crippen LogP contribution in [-0.4, -0.2) is 43.9 Å². The van der Waals surface area contributed by atoms with Gasteiger partial charge in [-0.3, -0.25) is 4.18 Å². The van der Waals surface area contributed by atoms with Gasteiger partial charge in [-0.2, -0.15) is 8.42 Å². The van der Waals surface area contributed by atoms with Crippen molar-refractivity contribution in [2.24, 2.45) is 23.2 Å². The van der Waals surface area contributed by atoms with Gasteiger partial charge in [0.25, 0.3) is 10.1 Å². The molecule has 2 bridgehead atoms. The first-order chi connectivity index (χ1) is 11.3. The van der Waals surface area contributed by atoms with Gasteiger partial charge in [-0.25, -0.2) is 9.59 Å². The molecule has 2 aliphatic carbocycles. The minimum atomic E-state index is -3.83. The Morgan fingerprint density at radius 1 is 1.24 bits per heavy atom. The summed E-state index contributed by atoms with van der Waals surface area (Å²) in [4.78, 5) is 23.5. The Labute approximate surface area is 147 Å². The molecule has 6 atom stereocenters. The van der Waals surface area contributed by atoms with Crippen molar-refractivity contribution in [3.8, 4) is 0 Å². The van der Waals surface area contributed by atoms with Crippen LogP contribution >= 0.6 is 0 Å². The lowest BCUT2D eigenvalue weighted by Crippen LogP contribution is -2.47. The normalized spacial score (nSPS) is 42.2. The topological polar surface area (TPSA) is 96.0 Å². The SMILES string of the molecule is C=C(C)C(=O)OCC(=O)OC1C2C(C)C3(C)OS(=O)(=O)C1C3C2(C)C. The molecule has 6 unspecified atom stereocenters. The molecule has 0 aromatic heterocycles. The molecule has 1 heterocycles. The highest BCUT2D eigenvalue weighted by molar-refractivity contribution is 7.87. The predicted octanol–water partition coefficient (Wildman–Crippen LogP) is 1.43. The molecule has 0 aromatic rings. The fourth-order valence-corrected chi connectivity index (χ4v) is 7.79. The van der Waals surface area contributed by atoms with Crippen molar-refractivity contribution in [1.82, 2.24) is 0 Å². The van der Waals surface area contributed by atoms with Crippen LogP contribution < -0.4 is 0 Å². The maximum Gasteiger partial charge on any atom is 0.344 e. The molecule has 3 aliphatic rings. The zero-order valence-electron chi connectivity index (χ0n) is 15.1. The second-order valence-corrected chi connectivity index (χ2v) is 9.85. The smallest absolute Gasteiger partial charge is 0.344 e. The highest BCUT2D eigenvalue weighted by atomic mass is 32.2. The third-order valence-corrected chi connectivity index (χ3v) is 8.09. The molecule has 1 saturated heterocycles. The van der Waals surface area contributed by atoms with Crippen LogP contribution in [0.25, 0.3) is 0 Å². The summed E-state index contributed by atoms with van der Waals surface area (Å²) in [5.41, 5.74) is -0.945. The van der Waals surface area contributed by atoms with Crippen LogP contribution in [-0.2, 0) is 33.4 Å². The van der Waals surface area contributed by atoms with E-state index in [4.69, 9.17) is 13.7 Å². The van der Waals surface area contributed by atoms with Crippen molar-refractivity contribution in [1.29, 1.82) is 0 Å². The molecular weight excluding hydrogens is 348 g/mol. The molecule has 140 valence electrons.